The van der Waals surface area contributed by atoms with Crippen LogP contribution in [0.25, 0.3) is 10.4 Å². The molecule has 0 fully saturated rings. The van der Waals surface area contributed by atoms with E-state index in [1.807, 2.05) is 30.3 Å². The number of carbonyl (C=O) groups excluding carboxylic acids is 1. The second-order valence-electron chi connectivity index (χ2n) is 6.28. The second kappa shape index (κ2) is 9.66. The molecule has 1 amide bonds. The third-order valence-corrected chi connectivity index (χ3v) is 5.27. The van der Waals surface area contributed by atoms with Gasteiger partial charge in [0.25, 0.3) is 5.69 Å². The summed E-state index contributed by atoms with van der Waals surface area (Å²) in [5, 5.41) is 23.0. The highest BCUT2D eigenvalue weighted by molar-refractivity contribution is 7.18. The number of hydrogen-bond acceptors (Lipinski definition) is 6. The fraction of sp³-hybridized carbons (Fsp3) is 0.143. The van der Waals surface area contributed by atoms with Gasteiger partial charge in [0, 0.05) is 23.4 Å². The van der Waals surface area contributed by atoms with Crippen LogP contribution in [-0.2, 0) is 4.79 Å². The number of nitrogens with one attached hydrogen (secondary N) is 1. The molecule has 2 N–H and O–H groups in total. The maximum Gasteiger partial charge on any atom is 0.348 e. The number of benzene rings is 2. The van der Waals surface area contributed by atoms with Gasteiger partial charge in [0.1, 0.15) is 10.6 Å². The van der Waals surface area contributed by atoms with Crippen molar-refractivity contribution in [3.05, 3.63) is 75.7 Å². The van der Waals surface area contributed by atoms with Crippen LogP contribution >= 0.6 is 11.3 Å². The molecule has 0 aliphatic heterocycles. The SMILES string of the molecule is O=C(CCCOc1ccccc1)Nc1cc(-c2cccc([N+](=O)[O-])c2)sc1C(=O)O. The van der Waals surface area contributed by atoms with Crippen LogP contribution in [0.1, 0.15) is 22.5 Å². The summed E-state index contributed by atoms with van der Waals surface area (Å²) in [6.07, 6.45) is 0.624. The zero-order valence-corrected chi connectivity index (χ0v) is 16.6. The highest BCUT2D eigenvalue weighted by Gasteiger charge is 2.19. The number of nitro groups is 1. The van der Waals surface area contributed by atoms with E-state index in [-0.39, 0.29) is 28.6 Å². The molecule has 2 aromatic carbocycles. The van der Waals surface area contributed by atoms with E-state index in [0.29, 0.717) is 29.2 Å². The molecule has 0 aliphatic carbocycles. The van der Waals surface area contributed by atoms with Gasteiger partial charge in [0.05, 0.1) is 17.2 Å². The van der Waals surface area contributed by atoms with Crippen molar-refractivity contribution in [2.45, 2.75) is 12.8 Å². The van der Waals surface area contributed by atoms with Crippen LogP contribution in [0.5, 0.6) is 5.75 Å². The van der Waals surface area contributed by atoms with Crippen molar-refractivity contribution in [3.8, 4) is 16.2 Å². The molecule has 0 saturated heterocycles. The molecule has 1 heterocycles. The maximum atomic E-state index is 12.2. The second-order valence-corrected chi connectivity index (χ2v) is 7.33. The van der Waals surface area contributed by atoms with Crippen molar-refractivity contribution < 1.29 is 24.4 Å². The molecule has 3 aromatic rings. The molecule has 30 heavy (non-hydrogen) atoms. The van der Waals surface area contributed by atoms with E-state index in [4.69, 9.17) is 4.74 Å². The van der Waals surface area contributed by atoms with Crippen LogP contribution in [0.2, 0.25) is 0 Å². The number of para-hydroxylation sites is 1. The first kappa shape index (κ1) is 21.0. The molecule has 0 unspecified atom stereocenters. The molecular weight excluding hydrogens is 408 g/mol. The van der Waals surface area contributed by atoms with Gasteiger partial charge in [0.2, 0.25) is 5.91 Å². The molecule has 0 atom stereocenters. The molecule has 0 radical (unpaired) electrons. The number of ether oxygens (including phenoxy) is 1. The minimum absolute atomic E-state index is 0.0367. The Kier molecular flexibility index (Phi) is 6.76. The summed E-state index contributed by atoms with van der Waals surface area (Å²) in [6, 6.07) is 16.6. The van der Waals surface area contributed by atoms with Crippen LogP contribution in [0.4, 0.5) is 11.4 Å². The molecule has 0 spiro atoms. The quantitative estimate of drug-likeness (QED) is 0.288. The summed E-state index contributed by atoms with van der Waals surface area (Å²) >= 11 is 0.947. The summed E-state index contributed by atoms with van der Waals surface area (Å²) in [7, 11) is 0. The lowest BCUT2D eigenvalue weighted by molar-refractivity contribution is -0.384. The highest BCUT2D eigenvalue weighted by Crippen LogP contribution is 2.36. The van der Waals surface area contributed by atoms with Crippen LogP contribution < -0.4 is 10.1 Å². The standard InChI is InChI=1S/C21H18N2O6S/c24-19(10-5-11-29-16-8-2-1-3-9-16)22-17-13-18(30-20(17)21(25)26)14-6-4-7-15(12-14)23(27)28/h1-4,6-9,12-13H,5,10-11H2,(H,22,24)(H,25,26). The average Bonchev–Trinajstić information content (AvgIpc) is 3.16. The van der Waals surface area contributed by atoms with E-state index < -0.39 is 10.9 Å². The lowest BCUT2D eigenvalue weighted by Gasteiger charge is -2.06. The van der Waals surface area contributed by atoms with Crippen LogP contribution in [0.15, 0.2) is 60.7 Å². The Balaban J connectivity index is 1.65. The predicted molar refractivity (Wildman–Crippen MR) is 113 cm³/mol. The van der Waals surface area contributed by atoms with Gasteiger partial charge in [-0.15, -0.1) is 11.3 Å². The fourth-order valence-electron chi connectivity index (χ4n) is 2.71. The predicted octanol–water partition coefficient (Wildman–Crippen LogP) is 4.82. The van der Waals surface area contributed by atoms with Gasteiger partial charge in [-0.05, 0) is 30.2 Å². The third kappa shape index (κ3) is 5.42. The van der Waals surface area contributed by atoms with Gasteiger partial charge in [-0.2, -0.15) is 0 Å². The smallest absolute Gasteiger partial charge is 0.348 e. The van der Waals surface area contributed by atoms with Gasteiger partial charge in [-0.25, -0.2) is 4.79 Å². The Morgan fingerprint density at radius 2 is 1.87 bits per heavy atom. The number of amides is 1. The summed E-state index contributed by atoms with van der Waals surface area (Å²) in [6.45, 7) is 0.353. The molecule has 154 valence electrons. The Morgan fingerprint density at radius 1 is 1.10 bits per heavy atom. The monoisotopic (exact) mass is 426 g/mol. The molecule has 9 heteroatoms. The van der Waals surface area contributed by atoms with E-state index in [2.05, 4.69) is 5.32 Å². The lowest BCUT2D eigenvalue weighted by atomic mass is 10.1. The molecular formula is C21H18N2O6S. The number of carboxylic acid groups (broad SMARTS) is 1. The largest absolute Gasteiger partial charge is 0.494 e. The third-order valence-electron chi connectivity index (χ3n) is 4.10. The topological polar surface area (TPSA) is 119 Å². The van der Waals surface area contributed by atoms with E-state index in [9.17, 15) is 24.8 Å². The van der Waals surface area contributed by atoms with Crippen molar-refractivity contribution in [3.63, 3.8) is 0 Å². The van der Waals surface area contributed by atoms with Gasteiger partial charge in [-0.1, -0.05) is 30.3 Å². The van der Waals surface area contributed by atoms with Crippen molar-refractivity contribution in [2.24, 2.45) is 0 Å². The lowest BCUT2D eigenvalue weighted by Crippen LogP contribution is -2.14. The van der Waals surface area contributed by atoms with E-state index in [0.717, 1.165) is 11.3 Å². The first-order chi connectivity index (χ1) is 14.4. The van der Waals surface area contributed by atoms with Crippen molar-refractivity contribution >= 4 is 34.6 Å². The van der Waals surface area contributed by atoms with E-state index >= 15 is 0 Å². The Labute approximate surface area is 175 Å². The van der Waals surface area contributed by atoms with Crippen LogP contribution in [0, 0.1) is 10.1 Å². The summed E-state index contributed by atoms with van der Waals surface area (Å²) in [5.74, 6) is -0.803. The number of anilines is 1. The number of non-ortho nitro benzene ring substituents is 1. The first-order valence-corrected chi connectivity index (χ1v) is 9.85. The molecule has 0 aliphatic rings. The minimum Gasteiger partial charge on any atom is -0.494 e. The molecule has 0 bridgehead atoms. The molecule has 3 rings (SSSR count). The van der Waals surface area contributed by atoms with Crippen molar-refractivity contribution in [2.75, 3.05) is 11.9 Å². The van der Waals surface area contributed by atoms with Crippen LogP contribution in [-0.4, -0.2) is 28.5 Å². The number of nitrogens with zero attached hydrogens (tertiary/aromatic N) is 1. The number of rotatable bonds is 9. The maximum absolute atomic E-state index is 12.2. The van der Waals surface area contributed by atoms with Gasteiger partial charge in [-0.3, -0.25) is 14.9 Å². The Hall–Kier alpha value is -3.72. The zero-order chi connectivity index (χ0) is 21.5. The number of thiophene rings is 1. The summed E-state index contributed by atoms with van der Waals surface area (Å²) in [4.78, 5) is 34.7. The number of carbonyl (C=O) groups is 2. The number of hydrogen-bond donors (Lipinski definition) is 2. The minimum atomic E-state index is -1.18. The number of nitro benzene ring substituents is 1. The molecule has 0 saturated carbocycles. The first-order valence-electron chi connectivity index (χ1n) is 9.03. The van der Waals surface area contributed by atoms with Crippen molar-refractivity contribution in [1.29, 1.82) is 0 Å². The Bertz CT molecular complexity index is 1060. The number of carboxylic acids is 1. The normalized spacial score (nSPS) is 10.4. The Morgan fingerprint density at radius 3 is 2.57 bits per heavy atom. The van der Waals surface area contributed by atoms with E-state index in [1.54, 1.807) is 6.07 Å². The highest BCUT2D eigenvalue weighted by atomic mass is 32.1. The van der Waals surface area contributed by atoms with Gasteiger partial charge in [0.15, 0.2) is 0 Å². The summed E-state index contributed by atoms with van der Waals surface area (Å²) in [5.41, 5.74) is 0.582. The fourth-order valence-corrected chi connectivity index (χ4v) is 3.66. The van der Waals surface area contributed by atoms with E-state index in [1.165, 1.54) is 24.3 Å². The van der Waals surface area contributed by atoms with Crippen LogP contribution in [0.3, 0.4) is 0 Å². The van der Waals surface area contributed by atoms with Gasteiger partial charge >= 0.3 is 5.97 Å². The molecule has 1 aromatic heterocycles. The average molecular weight is 426 g/mol. The van der Waals surface area contributed by atoms with Gasteiger partial charge < -0.3 is 15.2 Å². The van der Waals surface area contributed by atoms with Crippen molar-refractivity contribution in [1.82, 2.24) is 0 Å². The summed E-state index contributed by atoms with van der Waals surface area (Å²) < 4.78 is 5.53. The molecule has 8 nitrogen and oxygen atoms in total. The number of aromatic carboxylic acids is 1. The zero-order valence-electron chi connectivity index (χ0n) is 15.7.